The lowest BCUT2D eigenvalue weighted by Gasteiger charge is -2.23. The first kappa shape index (κ1) is 13.4. The highest BCUT2D eigenvalue weighted by Crippen LogP contribution is 2.09. The van der Waals surface area contributed by atoms with Crippen LogP contribution in [-0.2, 0) is 0 Å². The fraction of sp³-hybridized carbons (Fsp3) is 0.333. The molecule has 0 fully saturated rings. The van der Waals surface area contributed by atoms with Crippen molar-refractivity contribution in [3.8, 4) is 0 Å². The Hall–Kier alpha value is -1.62. The number of rotatable bonds is 2. The minimum Gasteiger partial charge on any atom is -0.366 e. The van der Waals surface area contributed by atoms with E-state index in [9.17, 15) is 4.79 Å². The molecule has 0 atom stereocenters. The molecule has 17 heavy (non-hydrogen) atoms. The van der Waals surface area contributed by atoms with Crippen LogP contribution in [-0.4, -0.2) is 16.6 Å². The molecule has 0 radical (unpaired) electrons. The van der Waals surface area contributed by atoms with E-state index >= 15 is 0 Å². The average molecular weight is 251 g/mol. The lowest BCUT2D eigenvalue weighted by atomic mass is 10.1. The van der Waals surface area contributed by atoms with Gasteiger partial charge in [-0.3, -0.25) is 4.79 Å². The SMILES string of the molecule is CC(C)(C)NC(=S)Nc1ccc(C(N)=O)cc1. The molecule has 0 aliphatic rings. The molecule has 0 bridgehead atoms. The van der Waals surface area contributed by atoms with Crippen molar-refractivity contribution < 1.29 is 4.79 Å². The predicted molar refractivity (Wildman–Crippen MR) is 74.1 cm³/mol. The molecule has 1 amide bonds. The molecule has 1 aromatic rings. The van der Waals surface area contributed by atoms with Crippen molar-refractivity contribution in [2.24, 2.45) is 5.73 Å². The zero-order valence-electron chi connectivity index (χ0n) is 10.2. The number of hydrogen-bond acceptors (Lipinski definition) is 2. The molecule has 0 unspecified atom stereocenters. The Morgan fingerprint density at radius 1 is 1.24 bits per heavy atom. The van der Waals surface area contributed by atoms with Gasteiger partial charge in [0, 0.05) is 16.8 Å². The molecule has 0 aromatic heterocycles. The summed E-state index contributed by atoms with van der Waals surface area (Å²) >= 11 is 5.15. The van der Waals surface area contributed by atoms with Gasteiger partial charge in [-0.1, -0.05) is 0 Å². The number of carbonyl (C=O) groups excluding carboxylic acids is 1. The average Bonchev–Trinajstić information content (AvgIpc) is 2.15. The zero-order valence-corrected chi connectivity index (χ0v) is 11.0. The summed E-state index contributed by atoms with van der Waals surface area (Å²) in [5, 5.41) is 6.71. The quantitative estimate of drug-likeness (QED) is 0.702. The molecule has 4 nitrogen and oxygen atoms in total. The Bertz CT molecular complexity index is 420. The Labute approximate surface area is 107 Å². The number of carbonyl (C=O) groups is 1. The first-order valence-corrected chi connectivity index (χ1v) is 5.68. The van der Waals surface area contributed by atoms with Crippen LogP contribution in [0.25, 0.3) is 0 Å². The summed E-state index contributed by atoms with van der Waals surface area (Å²) in [7, 11) is 0. The number of amides is 1. The van der Waals surface area contributed by atoms with E-state index in [-0.39, 0.29) is 5.54 Å². The number of benzene rings is 1. The van der Waals surface area contributed by atoms with Crippen molar-refractivity contribution in [2.45, 2.75) is 26.3 Å². The summed E-state index contributed by atoms with van der Waals surface area (Å²) in [6.07, 6.45) is 0. The van der Waals surface area contributed by atoms with Gasteiger partial charge >= 0.3 is 0 Å². The Morgan fingerprint density at radius 3 is 2.18 bits per heavy atom. The Morgan fingerprint density at radius 2 is 1.76 bits per heavy atom. The number of nitrogens with two attached hydrogens (primary N) is 1. The van der Waals surface area contributed by atoms with E-state index in [1.807, 2.05) is 20.8 Å². The number of primary amides is 1. The Balaban J connectivity index is 2.64. The third-order valence-electron chi connectivity index (χ3n) is 1.92. The lowest BCUT2D eigenvalue weighted by molar-refractivity contribution is 0.100. The van der Waals surface area contributed by atoms with Crippen LogP contribution in [0.4, 0.5) is 5.69 Å². The standard InChI is InChI=1S/C12H17N3OS/c1-12(2,3)15-11(17)14-9-6-4-8(5-7-9)10(13)16/h4-7H,1-3H3,(H2,13,16)(H2,14,15,17). The van der Waals surface area contributed by atoms with Crippen LogP contribution in [0.15, 0.2) is 24.3 Å². The molecule has 4 N–H and O–H groups in total. The molecule has 1 aromatic carbocycles. The second-order valence-corrected chi connectivity index (χ2v) is 5.18. The molecular formula is C12H17N3OS. The summed E-state index contributed by atoms with van der Waals surface area (Å²) in [5.41, 5.74) is 6.36. The summed E-state index contributed by atoms with van der Waals surface area (Å²) in [6, 6.07) is 6.84. The molecule has 5 heteroatoms. The third-order valence-corrected chi connectivity index (χ3v) is 2.12. The number of anilines is 1. The number of thiocarbonyl (C=S) groups is 1. The zero-order chi connectivity index (χ0) is 13.1. The van der Waals surface area contributed by atoms with Crippen molar-refractivity contribution in [2.75, 3.05) is 5.32 Å². The van der Waals surface area contributed by atoms with Crippen LogP contribution < -0.4 is 16.4 Å². The van der Waals surface area contributed by atoms with Gasteiger partial charge in [-0.15, -0.1) is 0 Å². The Kier molecular flexibility index (Phi) is 4.07. The van der Waals surface area contributed by atoms with Gasteiger partial charge in [-0.2, -0.15) is 0 Å². The van der Waals surface area contributed by atoms with Gasteiger partial charge in [0.1, 0.15) is 0 Å². The highest BCUT2D eigenvalue weighted by atomic mass is 32.1. The fourth-order valence-electron chi connectivity index (χ4n) is 1.22. The topological polar surface area (TPSA) is 67.2 Å². The van der Waals surface area contributed by atoms with Crippen molar-refractivity contribution in [3.05, 3.63) is 29.8 Å². The van der Waals surface area contributed by atoms with Gasteiger partial charge in [-0.05, 0) is 57.3 Å². The molecule has 0 aliphatic carbocycles. The van der Waals surface area contributed by atoms with Crippen LogP contribution in [0.3, 0.4) is 0 Å². The van der Waals surface area contributed by atoms with E-state index in [1.165, 1.54) is 0 Å². The summed E-state index contributed by atoms with van der Waals surface area (Å²) in [4.78, 5) is 10.9. The second kappa shape index (κ2) is 5.14. The minimum absolute atomic E-state index is 0.0861. The first-order chi connectivity index (χ1) is 7.78. The van der Waals surface area contributed by atoms with Crippen molar-refractivity contribution in [1.29, 1.82) is 0 Å². The molecule has 92 valence electrons. The molecule has 1 rings (SSSR count). The molecule has 0 saturated carbocycles. The van der Waals surface area contributed by atoms with Gasteiger partial charge in [-0.25, -0.2) is 0 Å². The molecule has 0 spiro atoms. The molecule has 0 aliphatic heterocycles. The van der Waals surface area contributed by atoms with Crippen LogP contribution in [0.1, 0.15) is 31.1 Å². The maximum Gasteiger partial charge on any atom is 0.248 e. The number of nitrogens with one attached hydrogen (secondary N) is 2. The monoisotopic (exact) mass is 251 g/mol. The maximum atomic E-state index is 10.9. The fourth-order valence-corrected chi connectivity index (χ4v) is 1.64. The van der Waals surface area contributed by atoms with Crippen LogP contribution in [0, 0.1) is 0 Å². The summed E-state index contributed by atoms with van der Waals surface area (Å²) < 4.78 is 0. The molecule has 0 heterocycles. The predicted octanol–water partition coefficient (Wildman–Crippen LogP) is 1.87. The van der Waals surface area contributed by atoms with E-state index < -0.39 is 5.91 Å². The molecule has 0 saturated heterocycles. The van der Waals surface area contributed by atoms with Gasteiger partial charge in [0.2, 0.25) is 5.91 Å². The minimum atomic E-state index is -0.438. The van der Waals surface area contributed by atoms with Crippen LogP contribution in [0.5, 0.6) is 0 Å². The van der Waals surface area contributed by atoms with Crippen LogP contribution in [0.2, 0.25) is 0 Å². The van der Waals surface area contributed by atoms with E-state index in [0.29, 0.717) is 10.7 Å². The van der Waals surface area contributed by atoms with E-state index in [4.69, 9.17) is 18.0 Å². The van der Waals surface area contributed by atoms with Gasteiger partial charge in [0.05, 0.1) is 0 Å². The lowest BCUT2D eigenvalue weighted by Crippen LogP contribution is -2.42. The van der Waals surface area contributed by atoms with Gasteiger partial charge < -0.3 is 16.4 Å². The summed E-state index contributed by atoms with van der Waals surface area (Å²) in [5.74, 6) is -0.438. The highest BCUT2D eigenvalue weighted by Gasteiger charge is 2.10. The van der Waals surface area contributed by atoms with Crippen LogP contribution >= 0.6 is 12.2 Å². The normalized spacial score (nSPS) is 10.8. The van der Waals surface area contributed by atoms with Crippen molar-refractivity contribution in [1.82, 2.24) is 5.32 Å². The first-order valence-electron chi connectivity index (χ1n) is 5.27. The third kappa shape index (κ3) is 4.82. The highest BCUT2D eigenvalue weighted by molar-refractivity contribution is 7.80. The maximum absolute atomic E-state index is 10.9. The van der Waals surface area contributed by atoms with Gasteiger partial charge in [0.25, 0.3) is 0 Å². The van der Waals surface area contributed by atoms with E-state index in [0.717, 1.165) is 5.69 Å². The van der Waals surface area contributed by atoms with Crippen molar-refractivity contribution in [3.63, 3.8) is 0 Å². The van der Waals surface area contributed by atoms with Gasteiger partial charge in [0.15, 0.2) is 5.11 Å². The van der Waals surface area contributed by atoms with E-state index in [1.54, 1.807) is 24.3 Å². The van der Waals surface area contributed by atoms with Crippen molar-refractivity contribution >= 4 is 28.9 Å². The number of hydrogen-bond donors (Lipinski definition) is 3. The largest absolute Gasteiger partial charge is 0.366 e. The second-order valence-electron chi connectivity index (χ2n) is 4.77. The summed E-state index contributed by atoms with van der Waals surface area (Å²) in [6.45, 7) is 6.07. The molecular weight excluding hydrogens is 234 g/mol. The van der Waals surface area contributed by atoms with E-state index in [2.05, 4.69) is 10.6 Å². The smallest absolute Gasteiger partial charge is 0.248 e.